The Balaban J connectivity index is 2.38. The summed E-state index contributed by atoms with van der Waals surface area (Å²) in [4.78, 5) is 0.587. The molecule has 0 heterocycles. The van der Waals surface area contributed by atoms with Gasteiger partial charge in [-0.2, -0.15) is 0 Å². The van der Waals surface area contributed by atoms with Gasteiger partial charge in [-0.1, -0.05) is 46.8 Å². The van der Waals surface area contributed by atoms with Crippen molar-refractivity contribution in [2.75, 3.05) is 6.61 Å². The molecule has 2 unspecified atom stereocenters. The first-order chi connectivity index (χ1) is 8.12. The monoisotopic (exact) mass is 271 g/mol. The van der Waals surface area contributed by atoms with Gasteiger partial charge in [0.05, 0.1) is 11.1 Å². The van der Waals surface area contributed by atoms with E-state index < -0.39 is 0 Å². The van der Waals surface area contributed by atoms with Crippen LogP contribution in [0.15, 0.2) is 0 Å². The first-order valence-corrected chi connectivity index (χ1v) is 7.45. The third-order valence-electron chi connectivity index (χ3n) is 4.09. The zero-order valence-electron chi connectivity index (χ0n) is 12.6. The topological polar surface area (TPSA) is 35.2 Å². The molecule has 1 aliphatic carbocycles. The fourth-order valence-electron chi connectivity index (χ4n) is 2.99. The summed E-state index contributed by atoms with van der Waals surface area (Å²) in [6, 6.07) is 0. The van der Waals surface area contributed by atoms with Gasteiger partial charge in [0, 0.05) is 12.0 Å². The zero-order chi connectivity index (χ0) is 14.0. The third-order valence-corrected chi connectivity index (χ3v) is 4.65. The zero-order valence-corrected chi connectivity index (χ0v) is 13.4. The van der Waals surface area contributed by atoms with Crippen molar-refractivity contribution in [3.05, 3.63) is 0 Å². The molecule has 0 aliphatic heterocycles. The fraction of sp³-hybridized carbons (Fsp3) is 0.933. The van der Waals surface area contributed by atoms with Crippen molar-refractivity contribution in [3.63, 3.8) is 0 Å². The summed E-state index contributed by atoms with van der Waals surface area (Å²) >= 11 is 5.08. The minimum absolute atomic E-state index is 0.0921. The van der Waals surface area contributed by atoms with Crippen molar-refractivity contribution in [3.8, 4) is 0 Å². The lowest BCUT2D eigenvalue weighted by Gasteiger charge is -2.39. The average molecular weight is 271 g/mol. The first kappa shape index (κ1) is 15.9. The highest BCUT2D eigenvalue weighted by molar-refractivity contribution is 7.80. The molecule has 0 bridgehead atoms. The van der Waals surface area contributed by atoms with E-state index in [-0.39, 0.29) is 5.41 Å². The molecule has 0 aromatic heterocycles. The van der Waals surface area contributed by atoms with Gasteiger partial charge in [-0.15, -0.1) is 0 Å². The molecule has 18 heavy (non-hydrogen) atoms. The maximum atomic E-state index is 6.06. The van der Waals surface area contributed by atoms with Gasteiger partial charge in [0.2, 0.25) is 0 Å². The maximum absolute atomic E-state index is 6.06. The number of hydrogen-bond donors (Lipinski definition) is 1. The standard InChI is InChI=1S/C15H29NOS/c1-11-8-12(10-14(2,3)9-11)17-7-6-15(4,5)13(16)18/h11-12H,6-10H2,1-5H3,(H2,16,18). The second-order valence-electron chi connectivity index (χ2n) is 7.40. The van der Waals surface area contributed by atoms with Crippen LogP contribution in [0.1, 0.15) is 60.3 Å². The SMILES string of the molecule is CC1CC(OCCC(C)(C)C(N)=S)CC(C)(C)C1. The molecule has 2 N–H and O–H groups in total. The van der Waals surface area contributed by atoms with Gasteiger partial charge >= 0.3 is 0 Å². The molecule has 0 spiro atoms. The van der Waals surface area contributed by atoms with Crippen LogP contribution < -0.4 is 5.73 Å². The summed E-state index contributed by atoms with van der Waals surface area (Å²) in [5, 5.41) is 0. The average Bonchev–Trinajstić information content (AvgIpc) is 2.13. The van der Waals surface area contributed by atoms with E-state index in [1.807, 2.05) is 0 Å². The maximum Gasteiger partial charge on any atom is 0.0785 e. The van der Waals surface area contributed by atoms with Crippen LogP contribution >= 0.6 is 12.2 Å². The fourth-order valence-corrected chi connectivity index (χ4v) is 3.09. The quantitative estimate of drug-likeness (QED) is 0.770. The van der Waals surface area contributed by atoms with Gasteiger partial charge in [-0.3, -0.25) is 0 Å². The minimum Gasteiger partial charge on any atom is -0.393 e. The summed E-state index contributed by atoms with van der Waals surface area (Å²) < 4.78 is 6.06. The molecule has 106 valence electrons. The van der Waals surface area contributed by atoms with Gasteiger partial charge in [-0.05, 0) is 37.0 Å². The molecule has 0 saturated heterocycles. The Labute approximate surface area is 118 Å². The predicted molar refractivity (Wildman–Crippen MR) is 81.7 cm³/mol. The Kier molecular flexibility index (Phi) is 5.19. The van der Waals surface area contributed by atoms with Crippen molar-refractivity contribution >= 4 is 17.2 Å². The van der Waals surface area contributed by atoms with E-state index in [0.29, 0.717) is 16.5 Å². The van der Waals surface area contributed by atoms with Crippen LogP contribution in [0.4, 0.5) is 0 Å². The van der Waals surface area contributed by atoms with Crippen LogP contribution in [0, 0.1) is 16.7 Å². The summed E-state index contributed by atoms with van der Waals surface area (Å²) in [5.74, 6) is 0.766. The number of nitrogens with two attached hydrogens (primary N) is 1. The predicted octanol–water partition coefficient (Wildman–Crippen LogP) is 3.92. The van der Waals surface area contributed by atoms with Crippen LogP contribution in [0.5, 0.6) is 0 Å². The molecule has 1 aliphatic rings. The molecule has 3 heteroatoms. The highest BCUT2D eigenvalue weighted by Gasteiger charge is 2.32. The smallest absolute Gasteiger partial charge is 0.0785 e. The molecule has 1 rings (SSSR count). The molecule has 1 saturated carbocycles. The molecule has 0 aromatic rings. The molecule has 2 nitrogen and oxygen atoms in total. The molecule has 0 amide bonds. The van der Waals surface area contributed by atoms with Gasteiger partial charge < -0.3 is 10.5 Å². The Hall–Kier alpha value is -0.150. The molecular weight excluding hydrogens is 242 g/mol. The van der Waals surface area contributed by atoms with Crippen molar-refractivity contribution in [2.45, 2.75) is 66.4 Å². The van der Waals surface area contributed by atoms with Crippen LogP contribution in [0.3, 0.4) is 0 Å². The molecule has 2 atom stereocenters. The van der Waals surface area contributed by atoms with E-state index in [0.717, 1.165) is 18.9 Å². The molecule has 1 fully saturated rings. The van der Waals surface area contributed by atoms with Crippen LogP contribution in [0.2, 0.25) is 0 Å². The second-order valence-corrected chi connectivity index (χ2v) is 7.84. The van der Waals surface area contributed by atoms with Crippen LogP contribution in [-0.2, 0) is 4.74 Å². The van der Waals surface area contributed by atoms with E-state index >= 15 is 0 Å². The molecular formula is C15H29NOS. The number of hydrogen-bond acceptors (Lipinski definition) is 2. The Morgan fingerprint density at radius 3 is 2.50 bits per heavy atom. The summed E-state index contributed by atoms with van der Waals surface area (Å²) in [5.41, 5.74) is 6.06. The lowest BCUT2D eigenvalue weighted by Crippen LogP contribution is -2.35. The van der Waals surface area contributed by atoms with Crippen molar-refractivity contribution in [1.29, 1.82) is 0 Å². The Bertz CT molecular complexity index is 299. The van der Waals surface area contributed by atoms with Crippen molar-refractivity contribution in [2.24, 2.45) is 22.5 Å². The van der Waals surface area contributed by atoms with E-state index in [4.69, 9.17) is 22.7 Å². The minimum atomic E-state index is -0.0921. The lowest BCUT2D eigenvalue weighted by atomic mass is 9.71. The van der Waals surface area contributed by atoms with Crippen molar-refractivity contribution in [1.82, 2.24) is 0 Å². The first-order valence-electron chi connectivity index (χ1n) is 7.04. The molecule has 0 aromatic carbocycles. The van der Waals surface area contributed by atoms with Gasteiger partial charge in [0.1, 0.15) is 0 Å². The third kappa shape index (κ3) is 4.85. The van der Waals surface area contributed by atoms with Crippen molar-refractivity contribution < 1.29 is 4.74 Å². The Morgan fingerprint density at radius 2 is 2.00 bits per heavy atom. The largest absolute Gasteiger partial charge is 0.393 e. The van der Waals surface area contributed by atoms with Gasteiger partial charge in [-0.25, -0.2) is 0 Å². The number of thiocarbonyl (C=S) groups is 1. The van der Waals surface area contributed by atoms with Crippen LogP contribution in [-0.4, -0.2) is 17.7 Å². The normalized spacial score (nSPS) is 28.1. The lowest BCUT2D eigenvalue weighted by molar-refractivity contribution is -0.0279. The van der Waals surface area contributed by atoms with E-state index in [9.17, 15) is 0 Å². The summed E-state index contributed by atoms with van der Waals surface area (Å²) in [6.45, 7) is 12.0. The summed E-state index contributed by atoms with van der Waals surface area (Å²) in [6.07, 6.45) is 4.99. The van der Waals surface area contributed by atoms with E-state index in [2.05, 4.69) is 34.6 Å². The van der Waals surface area contributed by atoms with E-state index in [1.165, 1.54) is 19.3 Å². The highest BCUT2D eigenvalue weighted by Crippen LogP contribution is 2.39. The number of ether oxygens (including phenoxy) is 1. The van der Waals surface area contributed by atoms with Gasteiger partial charge in [0.15, 0.2) is 0 Å². The highest BCUT2D eigenvalue weighted by atomic mass is 32.1. The number of rotatable bonds is 5. The van der Waals surface area contributed by atoms with Gasteiger partial charge in [0.25, 0.3) is 0 Å². The van der Waals surface area contributed by atoms with E-state index in [1.54, 1.807) is 0 Å². The molecule has 0 radical (unpaired) electrons. The second kappa shape index (κ2) is 5.87. The summed E-state index contributed by atoms with van der Waals surface area (Å²) in [7, 11) is 0. The van der Waals surface area contributed by atoms with Crippen LogP contribution in [0.25, 0.3) is 0 Å². The Morgan fingerprint density at radius 1 is 1.39 bits per heavy atom.